The van der Waals surface area contributed by atoms with Crippen molar-refractivity contribution in [1.29, 1.82) is 0 Å². The third-order valence-electron chi connectivity index (χ3n) is 3.78. The van der Waals surface area contributed by atoms with Crippen LogP contribution >= 0.6 is 23.2 Å². The van der Waals surface area contributed by atoms with Crippen molar-refractivity contribution in [3.8, 4) is 0 Å². The topological polar surface area (TPSA) is 75.7 Å². The smallest absolute Gasteiger partial charge is 0.326 e. The average molecular weight is 359 g/mol. The Bertz CT molecular complexity index is 645. The van der Waals surface area contributed by atoms with E-state index in [0.717, 1.165) is 4.90 Å². The number of hydrogen-bond acceptors (Lipinski definition) is 4. The molecule has 1 aliphatic heterocycles. The molecule has 2 rings (SSSR count). The van der Waals surface area contributed by atoms with Crippen LogP contribution in [0.25, 0.3) is 0 Å². The number of nitrogens with zero attached hydrogens (tertiary/aromatic N) is 1. The van der Waals surface area contributed by atoms with Gasteiger partial charge in [0.2, 0.25) is 0 Å². The number of amides is 3. The fraction of sp³-hybridized carbons (Fsp3) is 0.400. The van der Waals surface area contributed by atoms with Crippen molar-refractivity contribution in [2.75, 3.05) is 6.54 Å². The second-order valence-electron chi connectivity index (χ2n) is 5.37. The Morgan fingerprint density at radius 2 is 1.91 bits per heavy atom. The van der Waals surface area contributed by atoms with Crippen molar-refractivity contribution in [2.45, 2.75) is 32.4 Å². The maximum Gasteiger partial charge on any atom is 0.326 e. The van der Waals surface area contributed by atoms with Crippen LogP contribution in [0, 0.1) is 0 Å². The monoisotopic (exact) mass is 358 g/mol. The summed E-state index contributed by atoms with van der Waals surface area (Å²) in [6.45, 7) is 2.80. The van der Waals surface area contributed by atoms with E-state index in [4.69, 9.17) is 27.9 Å². The summed E-state index contributed by atoms with van der Waals surface area (Å²) in [6.07, 6.45) is 0.429. The lowest BCUT2D eigenvalue weighted by molar-refractivity contribution is -0.148. The first-order valence-corrected chi connectivity index (χ1v) is 7.76. The molecule has 1 fully saturated rings. The molecule has 23 heavy (non-hydrogen) atoms. The summed E-state index contributed by atoms with van der Waals surface area (Å²) in [5.41, 5.74) is -0.511. The van der Waals surface area contributed by atoms with Crippen molar-refractivity contribution in [3.63, 3.8) is 0 Å². The van der Waals surface area contributed by atoms with Gasteiger partial charge in [-0.25, -0.2) is 4.79 Å². The van der Waals surface area contributed by atoms with Gasteiger partial charge in [-0.05, 0) is 25.5 Å². The third-order valence-corrected chi connectivity index (χ3v) is 4.49. The van der Waals surface area contributed by atoms with Crippen LogP contribution in [0.15, 0.2) is 18.2 Å². The summed E-state index contributed by atoms with van der Waals surface area (Å²) in [5, 5.41) is 3.31. The summed E-state index contributed by atoms with van der Waals surface area (Å²) in [6, 6.07) is 4.32. The predicted octanol–water partition coefficient (Wildman–Crippen LogP) is 2.76. The Kier molecular flexibility index (Phi) is 5.16. The van der Waals surface area contributed by atoms with Crippen molar-refractivity contribution in [1.82, 2.24) is 10.2 Å². The van der Waals surface area contributed by atoms with Crippen LogP contribution in [0.2, 0.25) is 10.0 Å². The Balaban J connectivity index is 1.98. The number of halogens is 2. The van der Waals surface area contributed by atoms with E-state index >= 15 is 0 Å². The Hall–Kier alpha value is -1.79. The molecule has 0 aromatic heterocycles. The zero-order chi connectivity index (χ0) is 17.2. The average Bonchev–Trinajstić information content (AvgIpc) is 2.71. The maximum atomic E-state index is 12.2. The molecular weight excluding hydrogens is 343 g/mol. The van der Waals surface area contributed by atoms with Gasteiger partial charge in [-0.15, -0.1) is 0 Å². The molecule has 6 nitrogen and oxygen atoms in total. The standard InChI is InChI=1S/C15H16Cl2N2O4/c1-3-15(2)13(21)19(14(22)18-15)7-12(20)23-8-9-10(16)5-4-6-11(9)17/h4-6H,3,7-8H2,1-2H3,(H,18,22)/t15-/m0/s1. The first kappa shape index (κ1) is 17.6. The van der Waals surface area contributed by atoms with Gasteiger partial charge in [-0.3, -0.25) is 14.5 Å². The van der Waals surface area contributed by atoms with Crippen molar-refractivity contribution in [3.05, 3.63) is 33.8 Å². The Morgan fingerprint density at radius 1 is 1.30 bits per heavy atom. The Labute approximate surface area is 143 Å². The molecule has 1 saturated heterocycles. The van der Waals surface area contributed by atoms with E-state index < -0.39 is 30.0 Å². The first-order chi connectivity index (χ1) is 10.8. The molecule has 8 heteroatoms. The highest BCUT2D eigenvalue weighted by Crippen LogP contribution is 2.25. The van der Waals surface area contributed by atoms with Gasteiger partial charge >= 0.3 is 12.0 Å². The van der Waals surface area contributed by atoms with Crippen LogP contribution in [0.5, 0.6) is 0 Å². The number of rotatable bonds is 5. The van der Waals surface area contributed by atoms with E-state index in [0.29, 0.717) is 22.0 Å². The zero-order valence-electron chi connectivity index (χ0n) is 12.7. The molecular formula is C15H16Cl2N2O4. The number of benzene rings is 1. The van der Waals surface area contributed by atoms with E-state index in [9.17, 15) is 14.4 Å². The largest absolute Gasteiger partial charge is 0.459 e. The molecule has 0 aliphatic carbocycles. The summed E-state index contributed by atoms with van der Waals surface area (Å²) < 4.78 is 5.07. The number of nitrogens with one attached hydrogen (secondary N) is 1. The molecule has 1 aromatic rings. The van der Waals surface area contributed by atoms with Gasteiger partial charge in [-0.1, -0.05) is 36.2 Å². The minimum atomic E-state index is -0.983. The lowest BCUT2D eigenvalue weighted by atomic mass is 9.99. The third kappa shape index (κ3) is 3.59. The Morgan fingerprint density at radius 3 is 2.43 bits per heavy atom. The molecule has 1 heterocycles. The quantitative estimate of drug-likeness (QED) is 0.648. The molecule has 0 bridgehead atoms. The van der Waals surface area contributed by atoms with Gasteiger partial charge in [0.15, 0.2) is 0 Å². The highest BCUT2D eigenvalue weighted by molar-refractivity contribution is 6.35. The van der Waals surface area contributed by atoms with E-state index in [1.807, 2.05) is 0 Å². The molecule has 1 atom stereocenters. The van der Waals surface area contributed by atoms with E-state index in [1.54, 1.807) is 32.0 Å². The van der Waals surface area contributed by atoms with E-state index in [1.165, 1.54) is 0 Å². The van der Waals surface area contributed by atoms with Gasteiger partial charge in [0.1, 0.15) is 18.7 Å². The van der Waals surface area contributed by atoms with Crippen LogP contribution in [0.4, 0.5) is 4.79 Å². The van der Waals surface area contributed by atoms with Crippen LogP contribution in [0.1, 0.15) is 25.8 Å². The number of esters is 1. The number of urea groups is 1. The molecule has 1 N–H and O–H groups in total. The second-order valence-corrected chi connectivity index (χ2v) is 6.18. The van der Waals surface area contributed by atoms with Crippen molar-refractivity contribution in [2.24, 2.45) is 0 Å². The van der Waals surface area contributed by atoms with Gasteiger partial charge < -0.3 is 10.1 Å². The van der Waals surface area contributed by atoms with Crippen LogP contribution < -0.4 is 5.32 Å². The molecule has 1 aromatic carbocycles. The maximum absolute atomic E-state index is 12.2. The van der Waals surface area contributed by atoms with Crippen molar-refractivity contribution >= 4 is 41.1 Å². The number of ether oxygens (including phenoxy) is 1. The molecule has 3 amide bonds. The molecule has 0 unspecified atom stereocenters. The lowest BCUT2D eigenvalue weighted by Crippen LogP contribution is -2.43. The fourth-order valence-electron chi connectivity index (χ4n) is 2.13. The minimum Gasteiger partial charge on any atom is -0.459 e. The normalized spacial score (nSPS) is 20.6. The predicted molar refractivity (Wildman–Crippen MR) is 85.2 cm³/mol. The van der Waals surface area contributed by atoms with Crippen LogP contribution in [0.3, 0.4) is 0 Å². The van der Waals surface area contributed by atoms with Crippen molar-refractivity contribution < 1.29 is 19.1 Å². The summed E-state index contributed by atoms with van der Waals surface area (Å²) >= 11 is 12.0. The number of carbonyl (C=O) groups is 3. The zero-order valence-corrected chi connectivity index (χ0v) is 14.2. The van der Waals surface area contributed by atoms with Gasteiger partial charge in [0.25, 0.3) is 5.91 Å². The summed E-state index contributed by atoms with van der Waals surface area (Å²) in [5.74, 6) is -1.16. The highest BCUT2D eigenvalue weighted by Gasteiger charge is 2.47. The van der Waals surface area contributed by atoms with Crippen LogP contribution in [-0.2, 0) is 20.9 Å². The minimum absolute atomic E-state index is 0.133. The molecule has 1 aliphatic rings. The van der Waals surface area contributed by atoms with E-state index in [2.05, 4.69) is 5.32 Å². The SMILES string of the molecule is CC[C@]1(C)NC(=O)N(CC(=O)OCc2c(Cl)cccc2Cl)C1=O. The molecule has 0 radical (unpaired) electrons. The summed E-state index contributed by atoms with van der Waals surface area (Å²) in [4.78, 5) is 36.8. The first-order valence-electron chi connectivity index (χ1n) is 7.01. The number of imide groups is 1. The second kappa shape index (κ2) is 6.76. The summed E-state index contributed by atoms with van der Waals surface area (Å²) in [7, 11) is 0. The highest BCUT2D eigenvalue weighted by atomic mass is 35.5. The molecule has 0 spiro atoms. The van der Waals surface area contributed by atoms with Gasteiger partial charge in [-0.2, -0.15) is 0 Å². The van der Waals surface area contributed by atoms with Gasteiger partial charge in [0.05, 0.1) is 0 Å². The number of carbonyl (C=O) groups excluding carboxylic acids is 3. The van der Waals surface area contributed by atoms with Crippen LogP contribution in [-0.4, -0.2) is 34.9 Å². The van der Waals surface area contributed by atoms with Gasteiger partial charge in [0, 0.05) is 15.6 Å². The number of hydrogen-bond donors (Lipinski definition) is 1. The van der Waals surface area contributed by atoms with E-state index in [-0.39, 0.29) is 6.61 Å². The molecule has 0 saturated carbocycles. The lowest BCUT2D eigenvalue weighted by Gasteiger charge is -2.18. The fourth-order valence-corrected chi connectivity index (χ4v) is 2.63. The molecule has 124 valence electrons.